The Morgan fingerprint density at radius 2 is 2.24 bits per heavy atom. The number of hydrogen-bond acceptors (Lipinski definition) is 4. The number of allylic oxidation sites excluding steroid dienone is 2. The normalized spacial score (nSPS) is 15.3. The van der Waals surface area contributed by atoms with Gasteiger partial charge in [-0.05, 0) is 19.1 Å². The summed E-state index contributed by atoms with van der Waals surface area (Å²) in [4.78, 5) is 12.9. The number of hydroxylamine groups is 1. The molecule has 0 spiro atoms. The van der Waals surface area contributed by atoms with E-state index in [9.17, 15) is 0 Å². The van der Waals surface area contributed by atoms with Gasteiger partial charge in [0.15, 0.2) is 0 Å². The van der Waals surface area contributed by atoms with E-state index in [-0.39, 0.29) is 0 Å². The molecule has 0 fully saturated rings. The molecule has 0 aromatic carbocycles. The summed E-state index contributed by atoms with van der Waals surface area (Å²) in [6, 6.07) is 0. The van der Waals surface area contributed by atoms with Gasteiger partial charge in [-0.1, -0.05) is 26.0 Å². The van der Waals surface area contributed by atoms with Crippen LogP contribution < -0.4 is 5.48 Å². The standard InChI is InChI=1S/C13H23N3O/c1-6-11(2)13(15-4)12(10-14-3)8-7-9-16-17-5/h7-8,10-11,16H,3,6,9H2,1-2,4-5H3/b8-7-,12-10+,15-13+. The van der Waals surface area contributed by atoms with Gasteiger partial charge in [0.05, 0.1) is 7.11 Å². The molecule has 0 bridgehead atoms. The maximum atomic E-state index is 4.75. The predicted molar refractivity (Wildman–Crippen MR) is 74.6 cm³/mol. The van der Waals surface area contributed by atoms with Crippen molar-refractivity contribution in [3.63, 3.8) is 0 Å². The van der Waals surface area contributed by atoms with Gasteiger partial charge in [0, 0.05) is 31.1 Å². The summed E-state index contributed by atoms with van der Waals surface area (Å²) in [6.07, 6.45) is 6.73. The lowest BCUT2D eigenvalue weighted by molar-refractivity contribution is 0.101. The van der Waals surface area contributed by atoms with Crippen molar-refractivity contribution < 1.29 is 4.84 Å². The molecule has 0 radical (unpaired) electrons. The largest absolute Gasteiger partial charge is 0.305 e. The lowest BCUT2D eigenvalue weighted by atomic mass is 9.96. The summed E-state index contributed by atoms with van der Waals surface area (Å²) in [5, 5.41) is 0. The van der Waals surface area contributed by atoms with Crippen LogP contribution in [0, 0.1) is 5.92 Å². The number of rotatable bonds is 8. The van der Waals surface area contributed by atoms with Gasteiger partial charge in [-0.2, -0.15) is 5.48 Å². The first-order valence-electron chi connectivity index (χ1n) is 5.76. The summed E-state index contributed by atoms with van der Waals surface area (Å²) in [7, 11) is 3.40. The molecule has 0 aliphatic rings. The van der Waals surface area contributed by atoms with E-state index in [0.717, 1.165) is 17.7 Å². The van der Waals surface area contributed by atoms with E-state index in [1.54, 1.807) is 20.4 Å². The Labute approximate surface area is 104 Å². The first-order valence-corrected chi connectivity index (χ1v) is 5.76. The molecule has 0 amide bonds. The van der Waals surface area contributed by atoms with Crippen LogP contribution in [-0.4, -0.2) is 33.1 Å². The van der Waals surface area contributed by atoms with Crippen molar-refractivity contribution >= 4 is 12.4 Å². The maximum Gasteiger partial charge on any atom is 0.0572 e. The predicted octanol–water partition coefficient (Wildman–Crippen LogP) is 2.40. The van der Waals surface area contributed by atoms with Gasteiger partial charge in [-0.3, -0.25) is 9.98 Å². The second-order valence-corrected chi connectivity index (χ2v) is 3.64. The molecule has 1 atom stereocenters. The van der Waals surface area contributed by atoms with Crippen LogP contribution in [0.1, 0.15) is 20.3 Å². The molecule has 0 aromatic heterocycles. The zero-order valence-electron chi connectivity index (χ0n) is 11.2. The smallest absolute Gasteiger partial charge is 0.0572 e. The van der Waals surface area contributed by atoms with E-state index in [1.807, 2.05) is 12.2 Å². The SMILES string of the molecule is C=N/C=C(\C=C/CNOC)C(=N/C)/C(C)CC. The third kappa shape index (κ3) is 6.14. The van der Waals surface area contributed by atoms with Crippen molar-refractivity contribution in [1.82, 2.24) is 5.48 Å². The van der Waals surface area contributed by atoms with Crippen LogP contribution in [0.2, 0.25) is 0 Å². The van der Waals surface area contributed by atoms with Gasteiger partial charge in [-0.25, -0.2) is 0 Å². The third-order valence-corrected chi connectivity index (χ3v) is 2.49. The summed E-state index contributed by atoms with van der Waals surface area (Å²) >= 11 is 0. The van der Waals surface area contributed by atoms with Crippen molar-refractivity contribution in [3.8, 4) is 0 Å². The first kappa shape index (κ1) is 15.7. The summed E-state index contributed by atoms with van der Waals surface area (Å²) in [5.74, 6) is 0.410. The number of nitrogens with zero attached hydrogens (tertiary/aromatic N) is 2. The Balaban J connectivity index is 4.78. The van der Waals surface area contributed by atoms with Gasteiger partial charge in [-0.15, -0.1) is 0 Å². The van der Waals surface area contributed by atoms with E-state index in [4.69, 9.17) is 4.84 Å². The molecular formula is C13H23N3O. The minimum Gasteiger partial charge on any atom is -0.305 e. The Morgan fingerprint density at radius 3 is 2.71 bits per heavy atom. The maximum absolute atomic E-state index is 4.75. The summed E-state index contributed by atoms with van der Waals surface area (Å²) in [6.45, 7) is 8.43. The van der Waals surface area contributed by atoms with Crippen LogP contribution in [0.25, 0.3) is 0 Å². The number of aliphatic imine (C=N–C) groups is 2. The fourth-order valence-corrected chi connectivity index (χ4v) is 1.44. The van der Waals surface area contributed by atoms with E-state index < -0.39 is 0 Å². The van der Waals surface area contributed by atoms with E-state index in [2.05, 4.69) is 36.0 Å². The highest BCUT2D eigenvalue weighted by atomic mass is 16.6. The van der Waals surface area contributed by atoms with Crippen molar-refractivity contribution in [3.05, 3.63) is 23.9 Å². The fraction of sp³-hybridized carbons (Fsp3) is 0.538. The lowest BCUT2D eigenvalue weighted by Crippen LogP contribution is -2.13. The molecule has 0 aliphatic carbocycles. The fourth-order valence-electron chi connectivity index (χ4n) is 1.44. The van der Waals surface area contributed by atoms with Crippen LogP contribution in [0.5, 0.6) is 0 Å². The summed E-state index contributed by atoms with van der Waals surface area (Å²) < 4.78 is 0. The topological polar surface area (TPSA) is 46.0 Å². The van der Waals surface area contributed by atoms with E-state index >= 15 is 0 Å². The number of hydrogen-bond donors (Lipinski definition) is 1. The minimum absolute atomic E-state index is 0.410. The molecule has 0 aliphatic heterocycles. The van der Waals surface area contributed by atoms with Gasteiger partial charge >= 0.3 is 0 Å². The monoisotopic (exact) mass is 237 g/mol. The second-order valence-electron chi connectivity index (χ2n) is 3.64. The van der Waals surface area contributed by atoms with Gasteiger partial charge in [0.25, 0.3) is 0 Å². The van der Waals surface area contributed by atoms with E-state index in [1.165, 1.54) is 0 Å². The third-order valence-electron chi connectivity index (χ3n) is 2.49. The zero-order valence-corrected chi connectivity index (χ0v) is 11.2. The van der Waals surface area contributed by atoms with Crippen molar-refractivity contribution in [2.45, 2.75) is 20.3 Å². The first-order chi connectivity index (χ1) is 8.21. The highest BCUT2D eigenvalue weighted by molar-refractivity contribution is 6.03. The van der Waals surface area contributed by atoms with Crippen LogP contribution in [-0.2, 0) is 4.84 Å². The molecule has 1 unspecified atom stereocenters. The molecule has 96 valence electrons. The van der Waals surface area contributed by atoms with Crippen molar-refractivity contribution in [2.75, 3.05) is 20.7 Å². The zero-order chi connectivity index (χ0) is 13.1. The minimum atomic E-state index is 0.410. The molecule has 1 N–H and O–H groups in total. The van der Waals surface area contributed by atoms with Gasteiger partial charge < -0.3 is 4.84 Å². The molecular weight excluding hydrogens is 214 g/mol. The van der Waals surface area contributed by atoms with Gasteiger partial charge in [0.1, 0.15) is 0 Å². The molecule has 0 saturated carbocycles. The molecule has 0 aromatic rings. The molecule has 17 heavy (non-hydrogen) atoms. The van der Waals surface area contributed by atoms with Crippen LogP contribution >= 0.6 is 0 Å². The highest BCUT2D eigenvalue weighted by Crippen LogP contribution is 2.13. The average Bonchev–Trinajstić information content (AvgIpc) is 2.35. The average molecular weight is 237 g/mol. The molecule has 0 rings (SSSR count). The Hall–Kier alpha value is -1.26. The van der Waals surface area contributed by atoms with Crippen LogP contribution in [0.15, 0.2) is 33.9 Å². The van der Waals surface area contributed by atoms with Gasteiger partial charge in [0.2, 0.25) is 0 Å². The Kier molecular flexibility index (Phi) is 9.19. The molecule has 0 saturated heterocycles. The van der Waals surface area contributed by atoms with E-state index in [0.29, 0.717) is 12.5 Å². The quantitative estimate of drug-likeness (QED) is 0.305. The van der Waals surface area contributed by atoms with Crippen molar-refractivity contribution in [2.24, 2.45) is 15.9 Å². The second kappa shape index (κ2) is 9.93. The van der Waals surface area contributed by atoms with Crippen LogP contribution in [0.4, 0.5) is 0 Å². The number of nitrogens with one attached hydrogen (secondary N) is 1. The molecule has 0 heterocycles. The Bertz CT molecular complexity index is 306. The molecule has 4 nitrogen and oxygen atoms in total. The lowest BCUT2D eigenvalue weighted by Gasteiger charge is -2.12. The van der Waals surface area contributed by atoms with Crippen LogP contribution in [0.3, 0.4) is 0 Å². The highest BCUT2D eigenvalue weighted by Gasteiger charge is 2.10. The van der Waals surface area contributed by atoms with Crippen molar-refractivity contribution in [1.29, 1.82) is 0 Å². The molecule has 4 heteroatoms. The summed E-state index contributed by atoms with van der Waals surface area (Å²) in [5.41, 5.74) is 4.79. The Morgan fingerprint density at radius 1 is 1.53 bits per heavy atom.